The van der Waals surface area contributed by atoms with Gasteiger partial charge in [0.05, 0.1) is 47.5 Å². The summed E-state index contributed by atoms with van der Waals surface area (Å²) in [5, 5.41) is 3.13. The van der Waals surface area contributed by atoms with Gasteiger partial charge in [-0.05, 0) is 86.0 Å². The van der Waals surface area contributed by atoms with Crippen molar-refractivity contribution in [3.63, 3.8) is 0 Å². The monoisotopic (exact) mass is 852 g/mol. The number of ether oxygens (including phenoxy) is 5. The number of hydrogen-bond acceptors (Lipinski definition) is 13. The van der Waals surface area contributed by atoms with Crippen molar-refractivity contribution < 1.29 is 47.7 Å². The molecule has 0 saturated carbocycles. The molecule has 5 rings (SSSR count). The van der Waals surface area contributed by atoms with Crippen LogP contribution in [0.1, 0.15) is 94.4 Å². The Morgan fingerprint density at radius 1 is 1.03 bits per heavy atom. The number of aromatic nitrogens is 3. The van der Waals surface area contributed by atoms with E-state index in [1.807, 2.05) is 76.5 Å². The lowest BCUT2D eigenvalue weighted by Crippen LogP contribution is -2.62. The molecule has 0 spiro atoms. The largest absolute Gasteiger partial charge is 0.459 e. The minimum atomic E-state index is -1.29. The Morgan fingerprint density at radius 2 is 1.74 bits per heavy atom. The van der Waals surface area contributed by atoms with Gasteiger partial charge in [0, 0.05) is 69.0 Å². The van der Waals surface area contributed by atoms with Crippen molar-refractivity contribution in [1.82, 2.24) is 29.7 Å². The van der Waals surface area contributed by atoms with E-state index in [-0.39, 0.29) is 30.4 Å². The van der Waals surface area contributed by atoms with Crippen molar-refractivity contribution in [2.24, 2.45) is 23.7 Å². The number of imidazole rings is 1. The normalized spacial score (nSPS) is 35.4. The van der Waals surface area contributed by atoms with E-state index in [0.29, 0.717) is 32.4 Å². The van der Waals surface area contributed by atoms with E-state index in [1.54, 1.807) is 37.5 Å². The maximum absolute atomic E-state index is 14.8. The zero-order chi connectivity index (χ0) is 45.0. The number of Topliss-reactive ketones (excluding diaryl/α,β-unsaturated/α-hetero) is 2. The maximum atomic E-state index is 14.8. The summed E-state index contributed by atoms with van der Waals surface area (Å²) in [4.78, 5) is 82.2. The number of pyridine rings is 1. The van der Waals surface area contributed by atoms with Gasteiger partial charge in [-0.3, -0.25) is 24.2 Å². The van der Waals surface area contributed by atoms with E-state index in [4.69, 9.17) is 23.7 Å². The number of methoxy groups -OCH3 is 1. The van der Waals surface area contributed by atoms with Gasteiger partial charge < -0.3 is 43.4 Å². The molecule has 16 nitrogen and oxygen atoms in total. The van der Waals surface area contributed by atoms with Crippen molar-refractivity contribution in [3.05, 3.63) is 37.1 Å². The first kappa shape index (κ1) is 47.8. The van der Waals surface area contributed by atoms with Gasteiger partial charge in [0.25, 0.3) is 0 Å². The summed E-state index contributed by atoms with van der Waals surface area (Å²) >= 11 is 0. The molecule has 61 heavy (non-hydrogen) atoms. The molecule has 3 aliphatic heterocycles. The molecule has 0 radical (unpaired) electrons. The Balaban J connectivity index is 1.46. The Morgan fingerprint density at radius 3 is 2.36 bits per heavy atom. The number of rotatable bonds is 12. The van der Waals surface area contributed by atoms with Crippen LogP contribution in [0.2, 0.25) is 0 Å². The molecular formula is C45H68N6O10. The van der Waals surface area contributed by atoms with Crippen molar-refractivity contribution in [3.8, 4) is 11.3 Å². The summed E-state index contributed by atoms with van der Waals surface area (Å²) in [5.74, 6) is -5.40. The van der Waals surface area contributed by atoms with Gasteiger partial charge in [-0.25, -0.2) is 9.78 Å². The van der Waals surface area contributed by atoms with Crippen LogP contribution in [0.15, 0.2) is 37.1 Å². The van der Waals surface area contributed by atoms with Crippen LogP contribution in [-0.2, 0) is 49.4 Å². The fourth-order valence-electron chi connectivity index (χ4n) is 9.90. The van der Waals surface area contributed by atoms with E-state index in [9.17, 15) is 24.0 Å². The molecular weight excluding hydrogens is 785 g/mol. The van der Waals surface area contributed by atoms with E-state index < -0.39 is 83.2 Å². The van der Waals surface area contributed by atoms with Gasteiger partial charge in [0.1, 0.15) is 17.8 Å². The SMILES string of the molecule is CC[C@@H]1OC(=O)[C@H](C)C(=O)[C@H](C)[C@@H](O[C@@H]2O[C@H](C)C[C@H](N(C)C)[C@H]2OC(C)=O)[C@](C)(OC)C[C@@H](C)C(=O)[C@@H](C)[C@H]2N(CCCCn3cnc(-c4cccnc4)c3)C(=O)N[C@]12C. The van der Waals surface area contributed by atoms with E-state index in [0.717, 1.165) is 17.7 Å². The summed E-state index contributed by atoms with van der Waals surface area (Å²) < 4.78 is 33.4. The molecule has 1 N–H and O–H groups in total. The van der Waals surface area contributed by atoms with Crippen molar-refractivity contribution in [2.45, 2.75) is 155 Å². The Bertz CT molecular complexity index is 1860. The quantitative estimate of drug-likeness (QED) is 0.170. The predicted octanol–water partition coefficient (Wildman–Crippen LogP) is 5.07. The second-order valence-corrected chi connectivity index (χ2v) is 18.1. The first-order chi connectivity index (χ1) is 28.8. The molecule has 13 atom stereocenters. The van der Waals surface area contributed by atoms with Crippen LogP contribution < -0.4 is 5.32 Å². The molecule has 0 unspecified atom stereocenters. The Hall–Kier alpha value is -4.25. The number of fused-ring (bicyclic) bond motifs is 1. The summed E-state index contributed by atoms with van der Waals surface area (Å²) in [6, 6.07) is 2.50. The van der Waals surface area contributed by atoms with Gasteiger partial charge in [-0.2, -0.15) is 0 Å². The summed E-state index contributed by atoms with van der Waals surface area (Å²) in [6.07, 6.45) is 5.39. The molecule has 338 valence electrons. The summed E-state index contributed by atoms with van der Waals surface area (Å²) in [7, 11) is 5.27. The van der Waals surface area contributed by atoms with Gasteiger partial charge in [-0.1, -0.05) is 27.7 Å². The molecule has 3 aliphatic rings. The number of ketones is 2. The molecule has 2 amide bonds. The van der Waals surface area contributed by atoms with Crippen LogP contribution in [0, 0.1) is 23.7 Å². The Labute approximate surface area is 360 Å². The fourth-order valence-corrected chi connectivity index (χ4v) is 9.90. The first-order valence-corrected chi connectivity index (χ1v) is 21.7. The van der Waals surface area contributed by atoms with Gasteiger partial charge in [-0.15, -0.1) is 0 Å². The molecule has 5 heterocycles. The number of hydrogen-bond donors (Lipinski definition) is 1. The molecule has 0 aromatic carbocycles. The maximum Gasteiger partial charge on any atom is 0.318 e. The number of nitrogens with zero attached hydrogens (tertiary/aromatic N) is 5. The van der Waals surface area contributed by atoms with Crippen LogP contribution in [0.5, 0.6) is 0 Å². The van der Waals surface area contributed by atoms with E-state index in [2.05, 4.69) is 15.3 Å². The average Bonchev–Trinajstić information content (AvgIpc) is 3.80. The lowest BCUT2D eigenvalue weighted by atomic mass is 9.72. The Kier molecular flexibility index (Phi) is 15.6. The van der Waals surface area contributed by atoms with E-state index >= 15 is 0 Å². The summed E-state index contributed by atoms with van der Waals surface area (Å²) in [5.41, 5.74) is -0.724. The minimum Gasteiger partial charge on any atom is -0.459 e. The molecule has 3 fully saturated rings. The van der Waals surface area contributed by atoms with Crippen LogP contribution in [0.3, 0.4) is 0 Å². The third-order valence-electron chi connectivity index (χ3n) is 13.2. The van der Waals surface area contributed by atoms with E-state index in [1.165, 1.54) is 21.0 Å². The third-order valence-corrected chi connectivity index (χ3v) is 13.2. The number of urea groups is 1. The van der Waals surface area contributed by atoms with Crippen molar-refractivity contribution in [2.75, 3.05) is 27.7 Å². The van der Waals surface area contributed by atoms with Gasteiger partial charge in [0.15, 0.2) is 18.2 Å². The first-order valence-electron chi connectivity index (χ1n) is 21.7. The fraction of sp³-hybridized carbons (Fsp3) is 0.711. The second-order valence-electron chi connectivity index (χ2n) is 18.1. The molecule has 3 saturated heterocycles. The molecule has 2 aromatic rings. The third kappa shape index (κ3) is 10.3. The highest BCUT2D eigenvalue weighted by molar-refractivity contribution is 6.00. The van der Waals surface area contributed by atoms with Crippen LogP contribution in [0.25, 0.3) is 11.3 Å². The number of nitrogens with one attached hydrogen (secondary N) is 1. The minimum absolute atomic E-state index is 0.124. The highest BCUT2D eigenvalue weighted by Gasteiger charge is 2.58. The summed E-state index contributed by atoms with van der Waals surface area (Å²) in [6.45, 7) is 16.5. The lowest BCUT2D eigenvalue weighted by Gasteiger charge is -2.48. The number of esters is 2. The number of carbonyl (C=O) groups excluding carboxylic acids is 5. The van der Waals surface area contributed by atoms with Crippen molar-refractivity contribution in [1.29, 1.82) is 0 Å². The molecule has 0 bridgehead atoms. The highest BCUT2D eigenvalue weighted by Crippen LogP contribution is 2.41. The number of aryl methyl sites for hydroxylation is 1. The lowest BCUT2D eigenvalue weighted by molar-refractivity contribution is -0.298. The number of likely N-dealkylation sites (N-methyl/N-ethyl adjacent to an activating group) is 1. The molecule has 0 aliphatic carbocycles. The van der Waals surface area contributed by atoms with Crippen molar-refractivity contribution >= 4 is 29.5 Å². The van der Waals surface area contributed by atoms with Gasteiger partial charge >= 0.3 is 18.0 Å². The molecule has 16 heteroatoms. The highest BCUT2D eigenvalue weighted by atomic mass is 16.7. The standard InChI is InChI=1S/C45H68N6O10/c1-13-35-45(9)39(51(43(56)48-45)20-15-14-19-50-24-33(47-25-50)32-17-16-18-46-23-32)28(4)36(53)26(2)22-44(8,57-12)40(29(5)37(54)30(6)41(55)60-35)61-42-38(59-31(7)52)34(49(10)11)21-27(3)58-42/h16-18,23-30,34-35,38-40,42H,13-15,19-22H2,1-12H3,(H,48,56)/t26-,27-,28-,29+,30-,34+,35+,38-,39-,40-,42+,44-,45-/m1/s1. The zero-order valence-corrected chi connectivity index (χ0v) is 38.1. The second kappa shape index (κ2) is 19.9. The topological polar surface area (TPSA) is 181 Å². The zero-order valence-electron chi connectivity index (χ0n) is 38.1. The van der Waals surface area contributed by atoms with Crippen LogP contribution >= 0.6 is 0 Å². The number of amides is 2. The smallest absolute Gasteiger partial charge is 0.318 e. The van der Waals surface area contributed by atoms with Crippen LogP contribution in [0.4, 0.5) is 4.79 Å². The number of carbonyl (C=O) groups is 5. The van der Waals surface area contributed by atoms with Gasteiger partial charge in [0.2, 0.25) is 0 Å². The number of unbranched alkanes of at least 4 members (excludes halogenated alkanes) is 1. The van der Waals surface area contributed by atoms with Crippen LogP contribution in [-0.4, -0.2) is 136 Å². The average molecular weight is 853 g/mol. The molecule has 2 aromatic heterocycles. The predicted molar refractivity (Wildman–Crippen MR) is 226 cm³/mol. The number of cyclic esters (lactones) is 1.